The monoisotopic (exact) mass is 434 g/mol. The van der Waals surface area contributed by atoms with E-state index in [0.29, 0.717) is 5.69 Å². The van der Waals surface area contributed by atoms with Gasteiger partial charge in [-0.1, -0.05) is 23.9 Å². The molecule has 2 aromatic rings. The van der Waals surface area contributed by atoms with Crippen LogP contribution in [-0.4, -0.2) is 40.8 Å². The van der Waals surface area contributed by atoms with Crippen molar-refractivity contribution in [2.75, 3.05) is 24.2 Å². The molecule has 1 fully saturated rings. The predicted octanol–water partition coefficient (Wildman–Crippen LogP) is 4.13. The third-order valence-corrected chi connectivity index (χ3v) is 5.76. The summed E-state index contributed by atoms with van der Waals surface area (Å²) in [6.07, 6.45) is -4.49. The number of halogens is 3. The molecule has 2 aromatic carbocycles. The molecule has 1 unspecified atom stereocenters. The lowest BCUT2D eigenvalue weighted by molar-refractivity contribution is -0.137. The van der Waals surface area contributed by atoms with Gasteiger partial charge in [-0.15, -0.1) is 0 Å². The largest absolute Gasteiger partial charge is 0.416 e. The van der Waals surface area contributed by atoms with E-state index in [1.165, 1.54) is 0 Å². The molecule has 1 atom stereocenters. The number of amides is 3. The normalized spacial score (nSPS) is 18.0. The van der Waals surface area contributed by atoms with Crippen molar-refractivity contribution in [3.05, 3.63) is 65.2 Å². The van der Waals surface area contributed by atoms with Gasteiger partial charge in [0.1, 0.15) is 0 Å². The van der Waals surface area contributed by atoms with Crippen LogP contribution >= 0.6 is 11.8 Å². The lowest BCUT2D eigenvalue weighted by Gasteiger charge is -2.14. The van der Waals surface area contributed by atoms with E-state index in [9.17, 15) is 22.8 Å². The molecule has 2 aliphatic rings. The Kier molecular flexibility index (Phi) is 5.42. The Labute approximate surface area is 174 Å². The van der Waals surface area contributed by atoms with Crippen LogP contribution in [0.4, 0.5) is 23.7 Å². The first kappa shape index (κ1) is 20.3. The first-order valence-electron chi connectivity index (χ1n) is 9.15. The second-order valence-corrected chi connectivity index (χ2v) is 7.89. The molecule has 30 heavy (non-hydrogen) atoms. The summed E-state index contributed by atoms with van der Waals surface area (Å²) >= 11 is 1.73. The van der Waals surface area contributed by atoms with Crippen molar-refractivity contribution in [2.45, 2.75) is 12.2 Å². The molecule has 10 heteroatoms. The Morgan fingerprint density at radius 1 is 1.13 bits per heavy atom. The molecule has 0 radical (unpaired) electrons. The zero-order valence-corrected chi connectivity index (χ0v) is 16.4. The Balaban J connectivity index is 1.37. The molecule has 3 amide bonds. The van der Waals surface area contributed by atoms with Crippen molar-refractivity contribution in [1.29, 1.82) is 0 Å². The van der Waals surface area contributed by atoms with Gasteiger partial charge in [0.15, 0.2) is 5.17 Å². The van der Waals surface area contributed by atoms with Crippen molar-refractivity contribution >= 4 is 34.6 Å². The third kappa shape index (κ3) is 4.43. The van der Waals surface area contributed by atoms with Gasteiger partial charge >= 0.3 is 12.2 Å². The number of hydrogen-bond acceptors (Lipinski definition) is 5. The summed E-state index contributed by atoms with van der Waals surface area (Å²) in [6.45, 7) is 1.77. The molecular formula is C20H17F3N4O2S. The van der Waals surface area contributed by atoms with E-state index >= 15 is 0 Å². The summed E-state index contributed by atoms with van der Waals surface area (Å²) < 4.78 is 37.8. The number of rotatable bonds is 3. The van der Waals surface area contributed by atoms with Gasteiger partial charge in [-0.2, -0.15) is 13.2 Å². The Morgan fingerprint density at radius 2 is 1.90 bits per heavy atom. The highest BCUT2D eigenvalue weighted by molar-refractivity contribution is 8.14. The molecule has 2 heterocycles. The third-order valence-electron chi connectivity index (χ3n) is 4.75. The molecule has 156 valence electrons. The summed E-state index contributed by atoms with van der Waals surface area (Å²) in [5, 5.41) is 5.73. The number of nitrogens with one attached hydrogen (secondary N) is 2. The zero-order chi connectivity index (χ0) is 21.3. The molecule has 1 saturated heterocycles. The summed E-state index contributed by atoms with van der Waals surface area (Å²) in [7, 11) is 0. The van der Waals surface area contributed by atoms with Crippen LogP contribution in [0.1, 0.15) is 27.5 Å². The summed E-state index contributed by atoms with van der Waals surface area (Å²) in [5.41, 5.74) is 0.524. The van der Waals surface area contributed by atoms with Gasteiger partial charge in [0, 0.05) is 30.1 Å². The maximum Gasteiger partial charge on any atom is 0.416 e. The first-order chi connectivity index (χ1) is 14.3. The molecule has 2 aliphatic heterocycles. The number of nitrogens with zero attached hydrogens (tertiary/aromatic N) is 2. The second kappa shape index (κ2) is 8.02. The van der Waals surface area contributed by atoms with Gasteiger partial charge in [0.2, 0.25) is 0 Å². The molecule has 6 nitrogen and oxygen atoms in total. The number of thioether (sulfide) groups is 1. The minimum Gasteiger partial charge on any atom is -0.348 e. The molecule has 0 saturated carbocycles. The summed E-state index contributed by atoms with van der Waals surface area (Å²) in [4.78, 5) is 31.2. The quantitative estimate of drug-likeness (QED) is 0.762. The lowest BCUT2D eigenvalue weighted by Crippen LogP contribution is -2.34. The standard InChI is InChI=1S/C20H17F3N4O2S/c21-20(22,23)14-6-4-12(5-7-14)17(28)26-18(29)24-15-3-1-2-13(10-15)16-11-27-8-9-30-19(27)25-16/h1-7,10,16H,8-9,11H2,(H2,24,26,28,29). The highest BCUT2D eigenvalue weighted by Crippen LogP contribution is 2.33. The molecule has 0 aliphatic carbocycles. The van der Waals surface area contributed by atoms with E-state index in [-0.39, 0.29) is 11.6 Å². The van der Waals surface area contributed by atoms with Crippen molar-refractivity contribution in [3.63, 3.8) is 0 Å². The molecule has 0 bridgehead atoms. The number of benzene rings is 2. The van der Waals surface area contributed by atoms with Gasteiger partial charge in [-0.3, -0.25) is 15.1 Å². The molecule has 4 rings (SSSR count). The van der Waals surface area contributed by atoms with E-state index in [0.717, 1.165) is 53.8 Å². The lowest BCUT2D eigenvalue weighted by atomic mass is 10.1. The zero-order valence-electron chi connectivity index (χ0n) is 15.6. The van der Waals surface area contributed by atoms with Crippen molar-refractivity contribution < 1.29 is 22.8 Å². The SMILES string of the molecule is O=C(NC(=O)c1ccc(C(F)(F)F)cc1)Nc1cccc(C2CN3CCSC3=N2)c1. The Bertz CT molecular complexity index is 1010. The van der Waals surface area contributed by atoms with Crippen LogP contribution in [0, 0.1) is 0 Å². The van der Waals surface area contributed by atoms with Crippen LogP contribution in [-0.2, 0) is 6.18 Å². The van der Waals surface area contributed by atoms with Gasteiger partial charge in [-0.25, -0.2) is 4.79 Å². The number of urea groups is 1. The topological polar surface area (TPSA) is 73.8 Å². The fourth-order valence-corrected chi connectivity index (χ4v) is 4.30. The Hall–Kier alpha value is -3.01. The van der Waals surface area contributed by atoms with Crippen LogP contribution in [0.3, 0.4) is 0 Å². The molecule has 2 N–H and O–H groups in total. The molecule has 0 aromatic heterocycles. The highest BCUT2D eigenvalue weighted by Gasteiger charge is 2.31. The Morgan fingerprint density at radius 3 is 2.60 bits per heavy atom. The van der Waals surface area contributed by atoms with Crippen LogP contribution in [0.2, 0.25) is 0 Å². The van der Waals surface area contributed by atoms with Gasteiger partial charge in [0.05, 0.1) is 11.6 Å². The number of carbonyl (C=O) groups excluding carboxylic acids is 2. The second-order valence-electron chi connectivity index (χ2n) is 6.83. The van der Waals surface area contributed by atoms with Gasteiger partial charge in [0.25, 0.3) is 5.91 Å². The van der Waals surface area contributed by atoms with Crippen LogP contribution < -0.4 is 10.6 Å². The number of carbonyl (C=O) groups is 2. The van der Waals surface area contributed by atoms with Gasteiger partial charge < -0.3 is 10.2 Å². The number of aliphatic imine (C=N–C) groups is 1. The predicted molar refractivity (Wildman–Crippen MR) is 109 cm³/mol. The fourth-order valence-electron chi connectivity index (χ4n) is 3.26. The van der Waals surface area contributed by atoms with Crippen LogP contribution in [0.25, 0.3) is 0 Å². The maximum atomic E-state index is 12.6. The van der Waals surface area contributed by atoms with Crippen molar-refractivity contribution in [2.24, 2.45) is 4.99 Å². The fraction of sp³-hybridized carbons (Fsp3) is 0.250. The van der Waals surface area contributed by atoms with E-state index < -0.39 is 23.7 Å². The number of imide groups is 1. The maximum absolute atomic E-state index is 12.6. The average molecular weight is 434 g/mol. The van der Waals surface area contributed by atoms with E-state index in [1.807, 2.05) is 6.07 Å². The first-order valence-corrected chi connectivity index (χ1v) is 10.1. The summed E-state index contributed by atoms with van der Waals surface area (Å²) in [6, 6.07) is 10.1. The summed E-state index contributed by atoms with van der Waals surface area (Å²) in [5.74, 6) is 0.248. The number of alkyl halides is 3. The van der Waals surface area contributed by atoms with Gasteiger partial charge in [-0.05, 0) is 42.0 Å². The van der Waals surface area contributed by atoms with E-state index in [4.69, 9.17) is 4.99 Å². The van der Waals surface area contributed by atoms with Crippen LogP contribution in [0.5, 0.6) is 0 Å². The number of fused-ring (bicyclic) bond motifs is 1. The minimum atomic E-state index is -4.49. The van der Waals surface area contributed by atoms with Crippen molar-refractivity contribution in [3.8, 4) is 0 Å². The average Bonchev–Trinajstić information content (AvgIpc) is 3.30. The van der Waals surface area contributed by atoms with Crippen LogP contribution in [0.15, 0.2) is 53.5 Å². The highest BCUT2D eigenvalue weighted by atomic mass is 32.2. The number of amidine groups is 1. The smallest absolute Gasteiger partial charge is 0.348 e. The van der Waals surface area contributed by atoms with Crippen molar-refractivity contribution in [1.82, 2.24) is 10.2 Å². The number of anilines is 1. The minimum absolute atomic E-state index is 0.00797. The van der Waals surface area contributed by atoms with E-state index in [2.05, 4.69) is 15.5 Å². The molecule has 0 spiro atoms. The molecular weight excluding hydrogens is 417 g/mol. The van der Waals surface area contributed by atoms with E-state index in [1.54, 1.807) is 30.0 Å². The number of hydrogen-bond donors (Lipinski definition) is 2.